The van der Waals surface area contributed by atoms with Crippen molar-refractivity contribution in [3.8, 4) is 0 Å². The van der Waals surface area contributed by atoms with Crippen molar-refractivity contribution in [1.82, 2.24) is 4.98 Å². The molecule has 7 heteroatoms. The van der Waals surface area contributed by atoms with Gasteiger partial charge in [-0.1, -0.05) is 0 Å². The maximum Gasteiger partial charge on any atom is 0.305 e. The van der Waals surface area contributed by atoms with Crippen molar-refractivity contribution < 1.29 is 13.9 Å². The highest BCUT2D eigenvalue weighted by atomic mass is 79.9. The normalized spacial score (nSPS) is 10.5. The van der Waals surface area contributed by atoms with Crippen LogP contribution in [0.3, 0.4) is 0 Å². The van der Waals surface area contributed by atoms with Crippen LogP contribution in [0.1, 0.15) is 17.7 Å². The van der Waals surface area contributed by atoms with Crippen LogP contribution in [0.2, 0.25) is 0 Å². The van der Waals surface area contributed by atoms with Gasteiger partial charge in [0.15, 0.2) is 5.13 Å². The summed E-state index contributed by atoms with van der Waals surface area (Å²) in [4.78, 5) is 15.5. The minimum Gasteiger partial charge on any atom is -0.469 e. The largest absolute Gasteiger partial charge is 0.469 e. The lowest BCUT2D eigenvalue weighted by Gasteiger charge is -2.08. The van der Waals surface area contributed by atoms with E-state index in [2.05, 4.69) is 31.0 Å². The fourth-order valence-electron chi connectivity index (χ4n) is 1.71. The summed E-state index contributed by atoms with van der Waals surface area (Å²) < 4.78 is 18.4. The summed E-state index contributed by atoms with van der Waals surface area (Å²) in [6, 6.07) is 3.14. The van der Waals surface area contributed by atoms with Gasteiger partial charge in [-0.15, -0.1) is 11.3 Å². The van der Waals surface area contributed by atoms with Gasteiger partial charge in [-0.2, -0.15) is 0 Å². The molecule has 0 fully saturated rings. The number of carbonyl (C=O) groups is 1. The van der Waals surface area contributed by atoms with E-state index in [-0.39, 0.29) is 11.8 Å². The molecule has 0 saturated carbocycles. The lowest BCUT2D eigenvalue weighted by molar-refractivity contribution is -0.140. The van der Waals surface area contributed by atoms with E-state index in [1.165, 1.54) is 24.5 Å². The molecular weight excluding hydrogens is 359 g/mol. The maximum absolute atomic E-state index is 13.4. The number of ether oxygens (including phenoxy) is 1. The van der Waals surface area contributed by atoms with Crippen molar-refractivity contribution in [2.75, 3.05) is 12.4 Å². The predicted molar refractivity (Wildman–Crippen MR) is 84.6 cm³/mol. The van der Waals surface area contributed by atoms with E-state index in [1.54, 1.807) is 6.07 Å². The number of methoxy groups -OCH3 is 1. The molecule has 0 aliphatic carbocycles. The molecule has 0 aliphatic rings. The zero-order valence-corrected chi connectivity index (χ0v) is 14.0. The molecule has 1 heterocycles. The van der Waals surface area contributed by atoms with E-state index in [0.29, 0.717) is 22.4 Å². The Balaban J connectivity index is 2.06. The number of halogens is 2. The second-order valence-electron chi connectivity index (χ2n) is 4.43. The Morgan fingerprint density at radius 1 is 1.52 bits per heavy atom. The summed E-state index contributed by atoms with van der Waals surface area (Å²) in [7, 11) is 1.37. The second-order valence-corrected chi connectivity index (χ2v) is 6.14. The molecule has 0 spiro atoms. The smallest absolute Gasteiger partial charge is 0.305 e. The number of rotatable bonds is 5. The van der Waals surface area contributed by atoms with Crippen LogP contribution in [0, 0.1) is 12.7 Å². The molecule has 0 unspecified atom stereocenters. The third-order valence-corrected chi connectivity index (χ3v) is 4.29. The van der Waals surface area contributed by atoms with Crippen molar-refractivity contribution in [3.63, 3.8) is 0 Å². The van der Waals surface area contributed by atoms with Crippen molar-refractivity contribution in [1.29, 1.82) is 0 Å². The van der Waals surface area contributed by atoms with Gasteiger partial charge in [0, 0.05) is 17.5 Å². The molecule has 21 heavy (non-hydrogen) atoms. The van der Waals surface area contributed by atoms with Crippen LogP contribution < -0.4 is 5.32 Å². The Morgan fingerprint density at radius 3 is 3.00 bits per heavy atom. The highest BCUT2D eigenvalue weighted by Crippen LogP contribution is 2.28. The Hall–Kier alpha value is -1.47. The summed E-state index contributed by atoms with van der Waals surface area (Å²) in [6.07, 6.45) is 0.845. The number of aromatic nitrogens is 1. The quantitative estimate of drug-likeness (QED) is 0.798. The average molecular weight is 373 g/mol. The number of anilines is 2. The molecule has 1 aromatic carbocycles. The zero-order chi connectivity index (χ0) is 15.4. The second kappa shape index (κ2) is 7.00. The van der Waals surface area contributed by atoms with Crippen LogP contribution in [0.4, 0.5) is 15.2 Å². The highest BCUT2D eigenvalue weighted by Gasteiger charge is 2.09. The molecule has 1 N–H and O–H groups in total. The number of hydrogen-bond acceptors (Lipinski definition) is 5. The number of hydrogen-bond donors (Lipinski definition) is 1. The Kier molecular flexibility index (Phi) is 5.30. The summed E-state index contributed by atoms with van der Waals surface area (Å²) >= 11 is 4.60. The summed E-state index contributed by atoms with van der Waals surface area (Å²) in [6.45, 7) is 1.82. The Bertz CT molecular complexity index is 660. The van der Waals surface area contributed by atoms with Gasteiger partial charge >= 0.3 is 5.97 Å². The van der Waals surface area contributed by atoms with Gasteiger partial charge in [-0.05, 0) is 40.5 Å². The Labute approximate surface area is 134 Å². The topological polar surface area (TPSA) is 51.2 Å². The molecule has 4 nitrogen and oxygen atoms in total. The minimum absolute atomic E-state index is 0.254. The first kappa shape index (κ1) is 15.9. The van der Waals surface area contributed by atoms with Gasteiger partial charge < -0.3 is 10.1 Å². The molecule has 1 aromatic heterocycles. The standard InChI is InChI=1S/C14H14BrFN2O2S/c1-8-5-11(16)10(15)6-12(8)18-14-17-9(7-21-14)3-4-13(19)20-2/h5-7H,3-4H2,1-2H3,(H,17,18). The van der Waals surface area contributed by atoms with Crippen LogP contribution in [0.15, 0.2) is 22.0 Å². The zero-order valence-electron chi connectivity index (χ0n) is 11.6. The fourth-order valence-corrected chi connectivity index (χ4v) is 2.81. The van der Waals surface area contributed by atoms with E-state index in [0.717, 1.165) is 16.9 Å². The number of nitrogens with zero attached hydrogens (tertiary/aromatic N) is 1. The number of carbonyl (C=O) groups excluding carboxylic acids is 1. The monoisotopic (exact) mass is 372 g/mol. The predicted octanol–water partition coefficient (Wildman–Crippen LogP) is 4.20. The average Bonchev–Trinajstić information content (AvgIpc) is 2.89. The first-order valence-electron chi connectivity index (χ1n) is 6.23. The lowest BCUT2D eigenvalue weighted by Crippen LogP contribution is -2.02. The van der Waals surface area contributed by atoms with E-state index in [1.807, 2.05) is 12.3 Å². The molecule has 112 valence electrons. The molecule has 2 rings (SSSR count). The molecule has 0 radical (unpaired) electrons. The number of thiazole rings is 1. The molecule has 0 saturated heterocycles. The van der Waals surface area contributed by atoms with E-state index in [4.69, 9.17) is 0 Å². The lowest BCUT2D eigenvalue weighted by atomic mass is 10.2. The van der Waals surface area contributed by atoms with Gasteiger partial charge in [0.25, 0.3) is 0 Å². The van der Waals surface area contributed by atoms with Crippen molar-refractivity contribution in [3.05, 3.63) is 39.1 Å². The van der Waals surface area contributed by atoms with E-state index >= 15 is 0 Å². The molecule has 0 aliphatic heterocycles. The van der Waals surface area contributed by atoms with E-state index < -0.39 is 0 Å². The molecule has 2 aromatic rings. The van der Waals surface area contributed by atoms with E-state index in [9.17, 15) is 9.18 Å². The number of aryl methyl sites for hydroxylation is 2. The molecule has 0 bridgehead atoms. The van der Waals surface area contributed by atoms with Gasteiger partial charge in [-0.25, -0.2) is 9.37 Å². The van der Waals surface area contributed by atoms with Crippen LogP contribution in [-0.4, -0.2) is 18.1 Å². The van der Waals surface area contributed by atoms with Crippen LogP contribution in [0.5, 0.6) is 0 Å². The van der Waals surface area contributed by atoms with Crippen LogP contribution in [0.25, 0.3) is 0 Å². The van der Waals surface area contributed by atoms with Crippen molar-refractivity contribution in [2.45, 2.75) is 19.8 Å². The van der Waals surface area contributed by atoms with Crippen molar-refractivity contribution >= 4 is 44.1 Å². The molecule has 0 amide bonds. The van der Waals surface area contributed by atoms with Gasteiger partial charge in [0.1, 0.15) is 5.82 Å². The third-order valence-electron chi connectivity index (χ3n) is 2.87. The highest BCUT2D eigenvalue weighted by molar-refractivity contribution is 9.10. The SMILES string of the molecule is COC(=O)CCc1csc(Nc2cc(Br)c(F)cc2C)n1. The van der Waals surface area contributed by atoms with Crippen LogP contribution in [-0.2, 0) is 16.0 Å². The number of nitrogens with one attached hydrogen (secondary N) is 1. The van der Waals surface area contributed by atoms with Crippen molar-refractivity contribution in [2.24, 2.45) is 0 Å². The van der Waals surface area contributed by atoms with Gasteiger partial charge in [0.2, 0.25) is 0 Å². The van der Waals surface area contributed by atoms with Crippen LogP contribution >= 0.6 is 27.3 Å². The fraction of sp³-hybridized carbons (Fsp3) is 0.286. The minimum atomic E-state index is -0.295. The summed E-state index contributed by atoms with van der Waals surface area (Å²) in [5.74, 6) is -0.549. The number of esters is 1. The first-order chi connectivity index (χ1) is 9.99. The molecule has 0 atom stereocenters. The summed E-state index contributed by atoms with van der Waals surface area (Å²) in [5, 5.41) is 5.75. The van der Waals surface area contributed by atoms with Gasteiger partial charge in [0.05, 0.1) is 23.7 Å². The number of benzene rings is 1. The third kappa shape index (κ3) is 4.25. The maximum atomic E-state index is 13.4. The Morgan fingerprint density at radius 2 is 2.29 bits per heavy atom. The van der Waals surface area contributed by atoms with Gasteiger partial charge in [-0.3, -0.25) is 4.79 Å². The molecular formula is C14H14BrFN2O2S. The summed E-state index contributed by atoms with van der Waals surface area (Å²) in [5.41, 5.74) is 2.41. The first-order valence-corrected chi connectivity index (χ1v) is 7.90.